The average molecular weight is 473 g/mol. The van der Waals surface area contributed by atoms with Gasteiger partial charge >= 0.3 is 0 Å². The molecule has 6 atom stereocenters. The lowest BCUT2D eigenvalue weighted by molar-refractivity contribution is -0.169. The number of ketones is 2. The van der Waals surface area contributed by atoms with Crippen LogP contribution in [0.4, 0.5) is 0 Å². The number of aliphatic hydroxyl groups excluding tert-OH is 3. The number of hydrogen-bond acceptors (Lipinski definition) is 10. The Labute approximate surface area is 194 Å². The van der Waals surface area contributed by atoms with Crippen molar-refractivity contribution in [2.24, 2.45) is 23.3 Å². The van der Waals surface area contributed by atoms with Gasteiger partial charge in [-0.25, -0.2) is 0 Å². The number of amides is 1. The number of aliphatic hydroxyl groups is 4. The van der Waals surface area contributed by atoms with Crippen molar-refractivity contribution in [2.75, 3.05) is 14.1 Å². The van der Waals surface area contributed by atoms with E-state index in [1.165, 1.54) is 19.0 Å². The molecular formula is C23H27N3O8. The Hall–Kier alpha value is -3.25. The maximum atomic E-state index is 13.8. The van der Waals surface area contributed by atoms with Crippen LogP contribution in [-0.4, -0.2) is 79.7 Å². The van der Waals surface area contributed by atoms with E-state index in [1.54, 1.807) is 19.1 Å². The highest BCUT2D eigenvalue weighted by Gasteiger charge is 2.68. The summed E-state index contributed by atoms with van der Waals surface area (Å²) in [6.07, 6.45) is -1.62. The van der Waals surface area contributed by atoms with Crippen molar-refractivity contribution in [3.63, 3.8) is 0 Å². The van der Waals surface area contributed by atoms with Gasteiger partial charge in [-0.05, 0) is 25.6 Å². The molecule has 11 heteroatoms. The fourth-order valence-electron chi connectivity index (χ4n) is 5.82. The van der Waals surface area contributed by atoms with E-state index in [9.17, 15) is 39.9 Å². The van der Waals surface area contributed by atoms with Crippen LogP contribution in [0.5, 0.6) is 5.75 Å². The molecular weight excluding hydrogens is 446 g/mol. The van der Waals surface area contributed by atoms with Crippen LogP contribution >= 0.6 is 0 Å². The Kier molecular flexibility index (Phi) is 5.37. The molecule has 182 valence electrons. The van der Waals surface area contributed by atoms with Crippen LogP contribution in [0.3, 0.4) is 0 Å². The summed E-state index contributed by atoms with van der Waals surface area (Å²) in [6, 6.07) is 1.80. The first-order valence-corrected chi connectivity index (χ1v) is 10.7. The third kappa shape index (κ3) is 2.75. The topological polar surface area (TPSA) is 208 Å². The number of fused-ring (bicyclic) bond motifs is 3. The molecule has 1 unspecified atom stereocenters. The van der Waals surface area contributed by atoms with E-state index >= 15 is 0 Å². The van der Waals surface area contributed by atoms with Crippen molar-refractivity contribution in [1.29, 1.82) is 0 Å². The fourth-order valence-corrected chi connectivity index (χ4v) is 5.82. The van der Waals surface area contributed by atoms with E-state index in [0.29, 0.717) is 11.1 Å². The van der Waals surface area contributed by atoms with Crippen molar-refractivity contribution in [3.8, 4) is 5.75 Å². The van der Waals surface area contributed by atoms with Gasteiger partial charge in [0.25, 0.3) is 5.91 Å². The minimum atomic E-state index is -2.93. The molecule has 0 spiro atoms. The van der Waals surface area contributed by atoms with Crippen molar-refractivity contribution < 1.29 is 39.9 Å². The highest BCUT2D eigenvalue weighted by molar-refractivity contribution is 6.24. The Morgan fingerprint density at radius 1 is 1.18 bits per heavy atom. The number of hydrogen-bond donors (Lipinski definition) is 7. The Morgan fingerprint density at radius 3 is 2.32 bits per heavy atom. The lowest BCUT2D eigenvalue weighted by Crippen LogP contribution is -2.70. The van der Waals surface area contributed by atoms with Crippen molar-refractivity contribution in [1.82, 2.24) is 4.90 Å². The largest absolute Gasteiger partial charge is 0.508 e. The number of likely N-dealkylation sites (N-methyl/N-ethyl adjacent to an activating group) is 1. The average Bonchev–Trinajstić information content (AvgIpc) is 2.75. The second kappa shape index (κ2) is 7.64. The second-order valence-corrected chi connectivity index (χ2v) is 9.29. The maximum Gasteiger partial charge on any atom is 0.255 e. The summed E-state index contributed by atoms with van der Waals surface area (Å²) >= 11 is 0. The monoisotopic (exact) mass is 473 g/mol. The smallest absolute Gasteiger partial charge is 0.255 e. The van der Waals surface area contributed by atoms with Crippen LogP contribution in [0.15, 0.2) is 29.0 Å². The molecule has 0 heterocycles. The molecule has 0 aromatic heterocycles. The molecule has 0 aliphatic heterocycles. The van der Waals surface area contributed by atoms with Gasteiger partial charge in [0, 0.05) is 23.6 Å². The second-order valence-electron chi connectivity index (χ2n) is 9.29. The normalized spacial score (nSPS) is 33.1. The molecule has 34 heavy (non-hydrogen) atoms. The number of primary amides is 1. The fraction of sp³-hybridized carbons (Fsp3) is 0.435. The summed E-state index contributed by atoms with van der Waals surface area (Å²) in [7, 11) is 2.91. The predicted octanol–water partition coefficient (Wildman–Crippen LogP) is -1.05. The van der Waals surface area contributed by atoms with Gasteiger partial charge in [0.05, 0.1) is 23.6 Å². The SMILES string of the molecule is C[C@H]1c2ccc(CN)c(O)c2C(O)=C2C(=O)C3(O)C(O)=C(C(N)=O)C(=O)[C@@H](N(C)C)[C@@H]3[C@@H](O)[C@@H]21. The summed E-state index contributed by atoms with van der Waals surface area (Å²) in [4.78, 5) is 40.2. The molecule has 4 rings (SSSR count). The third-order valence-corrected chi connectivity index (χ3v) is 7.43. The highest BCUT2D eigenvalue weighted by atomic mass is 16.4. The number of phenolic OH excluding ortho intramolecular Hbond substituents is 1. The van der Waals surface area contributed by atoms with E-state index in [-0.39, 0.29) is 17.9 Å². The lowest BCUT2D eigenvalue weighted by atomic mass is 9.54. The number of benzene rings is 1. The van der Waals surface area contributed by atoms with E-state index in [0.717, 1.165) is 0 Å². The molecule has 1 aromatic carbocycles. The Balaban J connectivity index is 2.06. The minimum absolute atomic E-state index is 0.0553. The summed E-state index contributed by atoms with van der Waals surface area (Å²) in [6.45, 7) is 1.61. The number of carbonyl (C=O) groups is 3. The van der Waals surface area contributed by atoms with Gasteiger partial charge in [-0.1, -0.05) is 19.1 Å². The molecule has 1 amide bonds. The number of aromatic hydroxyl groups is 1. The molecule has 0 radical (unpaired) electrons. The zero-order valence-corrected chi connectivity index (χ0v) is 18.8. The third-order valence-electron chi connectivity index (χ3n) is 7.43. The summed E-state index contributed by atoms with van der Waals surface area (Å²) in [5.41, 5.74) is 7.28. The van der Waals surface area contributed by atoms with Crippen LogP contribution in [0.2, 0.25) is 0 Å². The first-order valence-electron chi connectivity index (χ1n) is 10.7. The van der Waals surface area contributed by atoms with Crippen LogP contribution in [-0.2, 0) is 20.9 Å². The van der Waals surface area contributed by atoms with Gasteiger partial charge in [-0.15, -0.1) is 0 Å². The summed E-state index contributed by atoms with van der Waals surface area (Å²) < 4.78 is 0. The van der Waals surface area contributed by atoms with Crippen LogP contribution in [0, 0.1) is 11.8 Å². The molecule has 9 N–H and O–H groups in total. The lowest BCUT2D eigenvalue weighted by Gasteiger charge is -2.53. The molecule has 3 aliphatic carbocycles. The van der Waals surface area contributed by atoms with Crippen molar-refractivity contribution in [3.05, 3.63) is 45.7 Å². The number of phenols is 1. The predicted molar refractivity (Wildman–Crippen MR) is 118 cm³/mol. The number of nitrogens with zero attached hydrogens (tertiary/aromatic N) is 1. The highest BCUT2D eigenvalue weighted by Crippen LogP contribution is 2.56. The Morgan fingerprint density at radius 2 is 1.79 bits per heavy atom. The first-order chi connectivity index (χ1) is 15.8. The first kappa shape index (κ1) is 23.9. The molecule has 1 saturated carbocycles. The van der Waals surface area contributed by atoms with Crippen LogP contribution < -0.4 is 11.5 Å². The van der Waals surface area contributed by atoms with Gasteiger partial charge < -0.3 is 37.0 Å². The standard InChI is InChI=1S/C23H27N3O8/c1-7-9-5-4-8(6-24)16(27)11(9)17(28)12-10(7)18(29)14-15(26(2)3)19(30)13(22(25)33)21(32)23(14,34)20(12)31/h4-5,7,10,14-15,18,27-29,32,34H,6,24H2,1-3H3,(H2,25,33)/t7-,10+,14+,15-,18-,23?/m0/s1. The number of nitrogens with two attached hydrogens (primary N) is 2. The summed E-state index contributed by atoms with van der Waals surface area (Å²) in [5, 5.41) is 55.7. The molecule has 11 nitrogen and oxygen atoms in total. The van der Waals surface area contributed by atoms with Crippen molar-refractivity contribution >= 4 is 23.2 Å². The van der Waals surface area contributed by atoms with Gasteiger partial charge in [-0.2, -0.15) is 0 Å². The summed E-state index contributed by atoms with van der Waals surface area (Å²) in [5.74, 6) is -9.12. The van der Waals surface area contributed by atoms with Gasteiger partial charge in [0.15, 0.2) is 11.4 Å². The van der Waals surface area contributed by atoms with Gasteiger partial charge in [0.2, 0.25) is 5.78 Å². The minimum Gasteiger partial charge on any atom is -0.508 e. The zero-order valence-electron chi connectivity index (χ0n) is 18.8. The number of carbonyl (C=O) groups excluding carboxylic acids is 3. The molecule has 3 aliphatic rings. The van der Waals surface area contributed by atoms with E-state index in [1.807, 2.05) is 0 Å². The van der Waals surface area contributed by atoms with Gasteiger partial charge in [-0.3, -0.25) is 19.3 Å². The Bertz CT molecular complexity index is 1200. The van der Waals surface area contributed by atoms with Crippen LogP contribution in [0.25, 0.3) is 5.76 Å². The van der Waals surface area contributed by atoms with Crippen LogP contribution in [0.1, 0.15) is 29.5 Å². The van der Waals surface area contributed by atoms with E-state index in [4.69, 9.17) is 11.5 Å². The zero-order chi connectivity index (χ0) is 25.4. The molecule has 1 fully saturated rings. The van der Waals surface area contributed by atoms with Crippen molar-refractivity contribution in [2.45, 2.75) is 37.1 Å². The number of rotatable bonds is 3. The molecule has 1 aromatic rings. The molecule has 0 saturated heterocycles. The number of Topliss-reactive ketones (excluding diaryl/α,β-unsaturated/α-hetero) is 2. The van der Waals surface area contributed by atoms with E-state index < -0.39 is 75.6 Å². The van der Waals surface area contributed by atoms with E-state index in [2.05, 4.69) is 0 Å². The quantitative estimate of drug-likeness (QED) is 0.265. The van der Waals surface area contributed by atoms with Gasteiger partial charge in [0.1, 0.15) is 22.8 Å². The maximum absolute atomic E-state index is 13.8. The molecule has 0 bridgehead atoms.